The Labute approximate surface area is 165 Å². The van der Waals surface area contributed by atoms with Crippen molar-refractivity contribution in [1.82, 2.24) is 4.98 Å². The third-order valence-corrected chi connectivity index (χ3v) is 4.96. The second-order valence-corrected chi connectivity index (χ2v) is 6.50. The summed E-state index contributed by atoms with van der Waals surface area (Å²) < 4.78 is 28.0. The number of aromatic nitrogens is 1. The summed E-state index contributed by atoms with van der Waals surface area (Å²) in [5.74, 6) is 0.841. The summed E-state index contributed by atoms with van der Waals surface area (Å²) in [4.78, 5) is 16.8. The molecular formula is C21H20N2O6. The molecule has 0 saturated heterocycles. The van der Waals surface area contributed by atoms with Gasteiger partial charge in [0.15, 0.2) is 16.7 Å². The quantitative estimate of drug-likeness (QED) is 0.411. The molecule has 0 atom stereocenters. The predicted octanol–water partition coefficient (Wildman–Crippen LogP) is 3.97. The lowest BCUT2D eigenvalue weighted by Gasteiger charge is -2.19. The highest BCUT2D eigenvalue weighted by Crippen LogP contribution is 2.48. The summed E-state index contributed by atoms with van der Waals surface area (Å²) in [5, 5.41) is 9.61. The van der Waals surface area contributed by atoms with Gasteiger partial charge in [-0.25, -0.2) is 9.78 Å². The first-order valence-corrected chi connectivity index (χ1v) is 9.05. The van der Waals surface area contributed by atoms with Gasteiger partial charge in [-0.1, -0.05) is 0 Å². The molecule has 3 heterocycles. The molecule has 29 heavy (non-hydrogen) atoms. The monoisotopic (exact) mass is 396 g/mol. The van der Waals surface area contributed by atoms with Gasteiger partial charge in [-0.05, 0) is 32.4 Å². The second kappa shape index (κ2) is 6.80. The first-order valence-electron chi connectivity index (χ1n) is 9.05. The highest BCUT2D eigenvalue weighted by molar-refractivity contribution is 6.12. The van der Waals surface area contributed by atoms with E-state index >= 15 is 0 Å². The van der Waals surface area contributed by atoms with E-state index in [0.717, 1.165) is 0 Å². The minimum absolute atomic E-state index is 0.118. The normalized spacial score (nSPS) is 11.3. The van der Waals surface area contributed by atoms with E-state index < -0.39 is 5.97 Å². The molecule has 2 aliphatic heterocycles. The number of benzene rings is 1. The maximum Gasteiger partial charge on any atom is 0.342 e. The average Bonchev–Trinajstić information content (AvgIpc) is 3.15. The van der Waals surface area contributed by atoms with Crippen molar-refractivity contribution in [3.05, 3.63) is 34.7 Å². The zero-order valence-corrected chi connectivity index (χ0v) is 16.8. The van der Waals surface area contributed by atoms with Crippen LogP contribution in [0.15, 0.2) is 21.2 Å². The van der Waals surface area contributed by atoms with Crippen LogP contribution in [0.1, 0.15) is 28.6 Å². The fourth-order valence-corrected chi connectivity index (χ4v) is 3.80. The Bertz CT molecular complexity index is 1300. The van der Waals surface area contributed by atoms with E-state index in [1.54, 1.807) is 33.9 Å². The van der Waals surface area contributed by atoms with Crippen LogP contribution >= 0.6 is 0 Å². The number of methoxy groups -OCH3 is 2. The molecule has 2 aromatic rings. The molecule has 4 rings (SSSR count). The fraction of sp³-hybridized carbons (Fsp3) is 0.286. The van der Waals surface area contributed by atoms with Crippen LogP contribution < -0.4 is 15.0 Å². The van der Waals surface area contributed by atoms with Crippen LogP contribution in [-0.2, 0) is 4.74 Å². The highest BCUT2D eigenvalue weighted by atomic mass is 16.5. The van der Waals surface area contributed by atoms with Gasteiger partial charge in [0.05, 0.1) is 43.6 Å². The van der Waals surface area contributed by atoms with E-state index in [-0.39, 0.29) is 17.7 Å². The number of hydrogen-bond acceptors (Lipinski definition) is 8. The Morgan fingerprint density at radius 1 is 1.17 bits per heavy atom. The van der Waals surface area contributed by atoms with Gasteiger partial charge in [0.2, 0.25) is 5.75 Å². The third-order valence-electron chi connectivity index (χ3n) is 4.96. The number of furan rings is 1. The number of ether oxygens (including phenoxy) is 3. The van der Waals surface area contributed by atoms with E-state index in [1.165, 1.54) is 13.4 Å². The van der Waals surface area contributed by atoms with Gasteiger partial charge < -0.3 is 23.0 Å². The summed E-state index contributed by atoms with van der Waals surface area (Å²) in [6.07, 6.45) is 1.54. The molecule has 0 unspecified atom stereocenters. The number of rotatable bonds is 4. The summed E-state index contributed by atoms with van der Waals surface area (Å²) in [6.45, 7) is 5.45. The van der Waals surface area contributed by atoms with Crippen LogP contribution in [0.5, 0.6) is 11.5 Å². The highest BCUT2D eigenvalue weighted by Gasteiger charge is 2.29. The average molecular weight is 396 g/mol. The SMILES string of the molecule is CCOC(=O)c1c(C)c2c(C)oc3c(OC)c4occc4c(OC)c3c-2nc1=N. The lowest BCUT2D eigenvalue weighted by Crippen LogP contribution is -2.24. The largest absolute Gasteiger partial charge is 0.495 e. The zero-order valence-electron chi connectivity index (χ0n) is 16.8. The van der Waals surface area contributed by atoms with Crippen molar-refractivity contribution < 1.29 is 27.8 Å². The molecule has 0 amide bonds. The van der Waals surface area contributed by atoms with E-state index in [9.17, 15) is 4.79 Å². The van der Waals surface area contributed by atoms with Gasteiger partial charge in [-0.3, -0.25) is 5.41 Å². The van der Waals surface area contributed by atoms with Crippen LogP contribution in [-0.4, -0.2) is 31.8 Å². The molecule has 8 heteroatoms. The maximum atomic E-state index is 12.4. The van der Waals surface area contributed by atoms with Crippen molar-refractivity contribution >= 4 is 27.9 Å². The molecular weight excluding hydrogens is 376 g/mol. The van der Waals surface area contributed by atoms with Crippen LogP contribution in [0.3, 0.4) is 0 Å². The minimum Gasteiger partial charge on any atom is -0.495 e. The number of pyridine rings is 1. The Morgan fingerprint density at radius 3 is 2.55 bits per heavy atom. The van der Waals surface area contributed by atoms with Crippen molar-refractivity contribution in [1.29, 1.82) is 5.41 Å². The topological polar surface area (TPSA) is 108 Å². The number of carbonyl (C=O) groups excluding carboxylic acids is 1. The third kappa shape index (κ3) is 2.55. The molecule has 0 radical (unpaired) electrons. The van der Waals surface area contributed by atoms with Crippen LogP contribution in [0, 0.1) is 19.3 Å². The van der Waals surface area contributed by atoms with Gasteiger partial charge in [0, 0.05) is 5.56 Å². The number of nitrogens with one attached hydrogen (secondary N) is 1. The fourth-order valence-electron chi connectivity index (χ4n) is 3.80. The van der Waals surface area contributed by atoms with Gasteiger partial charge >= 0.3 is 5.97 Å². The summed E-state index contributed by atoms with van der Waals surface area (Å²) in [5.41, 5.74) is 2.51. The van der Waals surface area contributed by atoms with Crippen molar-refractivity contribution in [2.24, 2.45) is 0 Å². The lowest BCUT2D eigenvalue weighted by molar-refractivity contribution is 0.0523. The van der Waals surface area contributed by atoms with Crippen LogP contribution in [0.25, 0.3) is 33.2 Å². The number of nitrogens with zero attached hydrogens (tertiary/aromatic N) is 1. The standard InChI is InChI=1S/C21H20N2O6/c1-6-27-21(24)13-9(2)12-10(3)29-18-14(15(12)23-20(13)22)16(25-4)11-7-8-28-17(11)19(18)26-5/h7-8,22H,6H2,1-5H3. The van der Waals surface area contributed by atoms with Gasteiger partial charge in [-0.15, -0.1) is 0 Å². The van der Waals surface area contributed by atoms with Gasteiger partial charge in [0.25, 0.3) is 0 Å². The Hall–Kier alpha value is -3.55. The first kappa shape index (κ1) is 18.8. The van der Waals surface area contributed by atoms with Crippen LogP contribution in [0.4, 0.5) is 0 Å². The predicted molar refractivity (Wildman–Crippen MR) is 105 cm³/mol. The Balaban J connectivity index is 2.25. The molecule has 0 spiro atoms. The molecule has 2 aliphatic rings. The summed E-state index contributed by atoms with van der Waals surface area (Å²) in [6, 6.07) is 1.77. The van der Waals surface area contributed by atoms with Crippen molar-refractivity contribution in [2.45, 2.75) is 20.8 Å². The number of aryl methyl sites for hydroxylation is 1. The molecule has 0 bridgehead atoms. The van der Waals surface area contributed by atoms with E-state index in [0.29, 0.717) is 56.0 Å². The molecule has 0 fully saturated rings. The maximum absolute atomic E-state index is 12.4. The Kier molecular flexibility index (Phi) is 4.41. The van der Waals surface area contributed by atoms with Crippen molar-refractivity contribution in [3.63, 3.8) is 0 Å². The molecule has 1 aromatic heterocycles. The summed E-state index contributed by atoms with van der Waals surface area (Å²) >= 11 is 0. The van der Waals surface area contributed by atoms with E-state index in [1.807, 2.05) is 0 Å². The Morgan fingerprint density at radius 2 is 1.90 bits per heavy atom. The number of hydrogen-bond donors (Lipinski definition) is 1. The van der Waals surface area contributed by atoms with E-state index in [2.05, 4.69) is 4.98 Å². The number of fused-ring (bicyclic) bond motifs is 4. The van der Waals surface area contributed by atoms with Crippen molar-refractivity contribution in [3.8, 4) is 22.8 Å². The molecule has 0 saturated carbocycles. The number of esters is 1. The van der Waals surface area contributed by atoms with Crippen molar-refractivity contribution in [2.75, 3.05) is 20.8 Å². The van der Waals surface area contributed by atoms with Gasteiger partial charge in [0.1, 0.15) is 17.1 Å². The lowest BCUT2D eigenvalue weighted by atomic mass is 9.95. The van der Waals surface area contributed by atoms with Gasteiger partial charge in [-0.2, -0.15) is 0 Å². The first-order chi connectivity index (χ1) is 13.9. The minimum atomic E-state index is -0.585. The van der Waals surface area contributed by atoms with Crippen LogP contribution in [0.2, 0.25) is 0 Å². The molecule has 8 nitrogen and oxygen atoms in total. The smallest absolute Gasteiger partial charge is 0.342 e. The number of carbonyl (C=O) groups is 1. The molecule has 1 N–H and O–H groups in total. The zero-order chi connectivity index (χ0) is 20.9. The second-order valence-electron chi connectivity index (χ2n) is 6.50. The summed E-state index contributed by atoms with van der Waals surface area (Å²) in [7, 11) is 3.07. The molecule has 1 aromatic carbocycles. The van der Waals surface area contributed by atoms with E-state index in [4.69, 9.17) is 28.5 Å². The molecule has 0 aliphatic carbocycles. The molecule has 150 valence electrons.